The zero-order valence-corrected chi connectivity index (χ0v) is 15.5. The van der Waals surface area contributed by atoms with E-state index < -0.39 is 12.1 Å². The van der Waals surface area contributed by atoms with Gasteiger partial charge in [-0.25, -0.2) is 4.79 Å². The molecule has 0 radical (unpaired) electrons. The number of imide groups is 1. The number of likely N-dealkylation sites (N-methyl/N-ethyl adjacent to an activating group) is 1. The van der Waals surface area contributed by atoms with E-state index >= 15 is 0 Å². The molecular formula is C18H27N3O4. The zero-order valence-electron chi connectivity index (χ0n) is 15.5. The van der Waals surface area contributed by atoms with Gasteiger partial charge in [0.15, 0.2) is 11.5 Å². The summed E-state index contributed by atoms with van der Waals surface area (Å²) in [4.78, 5) is 25.8. The van der Waals surface area contributed by atoms with Crippen LogP contribution in [0.4, 0.5) is 4.79 Å². The number of nitrogens with one attached hydrogen (secondary N) is 2. The van der Waals surface area contributed by atoms with Crippen LogP contribution in [0.15, 0.2) is 12.1 Å². The molecule has 0 spiro atoms. The minimum Gasteiger partial charge on any atom is -0.493 e. The van der Waals surface area contributed by atoms with Crippen LogP contribution in [0.3, 0.4) is 0 Å². The molecule has 0 saturated heterocycles. The summed E-state index contributed by atoms with van der Waals surface area (Å²) in [5, 5.41) is 5.14. The lowest BCUT2D eigenvalue weighted by molar-refractivity contribution is -0.124. The second-order valence-corrected chi connectivity index (χ2v) is 6.46. The standard InChI is InChI=1S/C18H27N3O4/c1-11-8-15(24-4)16(25-5)9-13(11)10-21(3)12(2)17(22)20-18(23)19-14-6-7-14/h8-9,12,14H,6-7,10H2,1-5H3,(H2,19,20,22,23)/t12-/m1/s1. The van der Waals surface area contributed by atoms with E-state index in [-0.39, 0.29) is 11.9 Å². The number of aryl methyl sites for hydroxylation is 1. The Labute approximate surface area is 148 Å². The highest BCUT2D eigenvalue weighted by Gasteiger charge is 2.26. The maximum Gasteiger partial charge on any atom is 0.321 e. The third-order valence-corrected chi connectivity index (χ3v) is 4.45. The van der Waals surface area contributed by atoms with Gasteiger partial charge in [-0.15, -0.1) is 0 Å². The van der Waals surface area contributed by atoms with Crippen LogP contribution in [-0.4, -0.2) is 50.2 Å². The van der Waals surface area contributed by atoms with Gasteiger partial charge in [0.1, 0.15) is 0 Å². The first kappa shape index (κ1) is 19.1. The van der Waals surface area contributed by atoms with Crippen LogP contribution < -0.4 is 20.1 Å². The molecule has 1 saturated carbocycles. The van der Waals surface area contributed by atoms with Crippen molar-refractivity contribution in [1.82, 2.24) is 15.5 Å². The molecule has 1 aliphatic carbocycles. The largest absolute Gasteiger partial charge is 0.493 e. The summed E-state index contributed by atoms with van der Waals surface area (Å²) in [7, 11) is 5.04. The molecule has 2 N–H and O–H groups in total. The number of ether oxygens (including phenoxy) is 2. The summed E-state index contributed by atoms with van der Waals surface area (Å²) >= 11 is 0. The molecule has 3 amide bonds. The molecule has 0 unspecified atom stereocenters. The zero-order chi connectivity index (χ0) is 18.6. The Morgan fingerprint density at radius 3 is 2.40 bits per heavy atom. The highest BCUT2D eigenvalue weighted by atomic mass is 16.5. The molecule has 7 nitrogen and oxygen atoms in total. The van der Waals surface area contributed by atoms with Gasteiger partial charge in [0.05, 0.1) is 20.3 Å². The Bertz CT molecular complexity index is 643. The molecule has 1 aliphatic rings. The Morgan fingerprint density at radius 2 is 1.84 bits per heavy atom. The molecule has 0 bridgehead atoms. The topological polar surface area (TPSA) is 79.9 Å². The summed E-state index contributed by atoms with van der Waals surface area (Å²) in [5.41, 5.74) is 2.07. The van der Waals surface area contributed by atoms with Crippen molar-refractivity contribution in [3.05, 3.63) is 23.3 Å². The Balaban J connectivity index is 1.98. The molecule has 25 heavy (non-hydrogen) atoms. The monoisotopic (exact) mass is 349 g/mol. The number of carbonyl (C=O) groups is 2. The van der Waals surface area contributed by atoms with Crippen molar-refractivity contribution in [2.45, 2.75) is 45.3 Å². The van der Waals surface area contributed by atoms with Gasteiger partial charge in [0, 0.05) is 12.6 Å². The van der Waals surface area contributed by atoms with Crippen LogP contribution in [0.2, 0.25) is 0 Å². The summed E-state index contributed by atoms with van der Waals surface area (Å²) in [6.07, 6.45) is 1.96. The fraction of sp³-hybridized carbons (Fsp3) is 0.556. The van der Waals surface area contributed by atoms with Crippen molar-refractivity contribution in [3.8, 4) is 11.5 Å². The lowest BCUT2D eigenvalue weighted by Crippen LogP contribution is -2.48. The van der Waals surface area contributed by atoms with Crippen LogP contribution in [0.1, 0.15) is 30.9 Å². The molecule has 0 aliphatic heterocycles. The van der Waals surface area contributed by atoms with Gasteiger partial charge in [-0.1, -0.05) is 0 Å². The van der Waals surface area contributed by atoms with Crippen LogP contribution in [0.25, 0.3) is 0 Å². The maximum absolute atomic E-state index is 12.2. The van der Waals surface area contributed by atoms with Crippen LogP contribution in [-0.2, 0) is 11.3 Å². The maximum atomic E-state index is 12.2. The number of methoxy groups -OCH3 is 2. The predicted molar refractivity (Wildman–Crippen MR) is 94.9 cm³/mol. The van der Waals surface area contributed by atoms with Gasteiger partial charge >= 0.3 is 6.03 Å². The van der Waals surface area contributed by atoms with E-state index in [1.165, 1.54) is 0 Å². The van der Waals surface area contributed by atoms with Crippen molar-refractivity contribution >= 4 is 11.9 Å². The van der Waals surface area contributed by atoms with E-state index in [1.54, 1.807) is 21.1 Å². The highest BCUT2D eigenvalue weighted by molar-refractivity contribution is 5.96. The normalized spacial score (nSPS) is 14.8. The van der Waals surface area contributed by atoms with E-state index in [2.05, 4.69) is 10.6 Å². The van der Waals surface area contributed by atoms with E-state index in [9.17, 15) is 9.59 Å². The molecule has 0 heterocycles. The minimum atomic E-state index is -0.447. The Morgan fingerprint density at radius 1 is 1.24 bits per heavy atom. The second-order valence-electron chi connectivity index (χ2n) is 6.46. The molecule has 1 aromatic carbocycles. The lowest BCUT2D eigenvalue weighted by atomic mass is 10.1. The SMILES string of the molecule is COc1cc(C)c(CN(C)[C@H](C)C(=O)NC(=O)NC2CC2)cc1OC. The number of amides is 3. The first-order valence-electron chi connectivity index (χ1n) is 8.38. The molecule has 1 aromatic rings. The van der Waals surface area contributed by atoms with Gasteiger partial charge in [-0.05, 0) is 57.0 Å². The number of urea groups is 1. The van der Waals surface area contributed by atoms with Gasteiger partial charge in [-0.3, -0.25) is 15.0 Å². The predicted octanol–water partition coefficient (Wildman–Crippen LogP) is 1.82. The fourth-order valence-corrected chi connectivity index (χ4v) is 2.46. The molecule has 2 rings (SSSR count). The average molecular weight is 349 g/mol. The Hall–Kier alpha value is -2.28. The van der Waals surface area contributed by atoms with Crippen molar-refractivity contribution in [1.29, 1.82) is 0 Å². The van der Waals surface area contributed by atoms with Crippen molar-refractivity contribution in [3.63, 3.8) is 0 Å². The third kappa shape index (κ3) is 5.09. The van der Waals surface area contributed by atoms with Crippen LogP contribution >= 0.6 is 0 Å². The van der Waals surface area contributed by atoms with Gasteiger partial charge in [0.2, 0.25) is 5.91 Å². The quantitative estimate of drug-likeness (QED) is 0.785. The number of benzene rings is 1. The number of rotatable bonds is 7. The average Bonchev–Trinajstić information content (AvgIpc) is 3.38. The summed E-state index contributed by atoms with van der Waals surface area (Å²) in [6, 6.07) is 3.17. The minimum absolute atomic E-state index is 0.218. The van der Waals surface area contributed by atoms with Crippen molar-refractivity contribution < 1.29 is 19.1 Å². The van der Waals surface area contributed by atoms with E-state index in [0.29, 0.717) is 18.0 Å². The van der Waals surface area contributed by atoms with E-state index in [4.69, 9.17) is 9.47 Å². The first-order chi connectivity index (χ1) is 11.8. The molecule has 1 atom stereocenters. The molecular weight excluding hydrogens is 322 g/mol. The van der Waals surface area contributed by atoms with Gasteiger partial charge in [0.25, 0.3) is 0 Å². The van der Waals surface area contributed by atoms with E-state index in [0.717, 1.165) is 24.0 Å². The summed E-state index contributed by atoms with van der Waals surface area (Å²) < 4.78 is 10.6. The molecule has 1 fully saturated rings. The summed E-state index contributed by atoms with van der Waals surface area (Å²) in [5.74, 6) is 1.00. The smallest absolute Gasteiger partial charge is 0.321 e. The number of hydrogen-bond donors (Lipinski definition) is 2. The van der Waals surface area contributed by atoms with Gasteiger partial charge < -0.3 is 14.8 Å². The Kier molecular flexibility index (Phi) is 6.25. The lowest BCUT2D eigenvalue weighted by Gasteiger charge is -2.25. The molecule has 7 heteroatoms. The highest BCUT2D eigenvalue weighted by Crippen LogP contribution is 2.30. The number of carbonyl (C=O) groups excluding carboxylic acids is 2. The molecule has 0 aromatic heterocycles. The molecule has 138 valence electrons. The van der Waals surface area contributed by atoms with Crippen molar-refractivity contribution in [2.75, 3.05) is 21.3 Å². The van der Waals surface area contributed by atoms with Crippen LogP contribution in [0.5, 0.6) is 11.5 Å². The fourth-order valence-electron chi connectivity index (χ4n) is 2.46. The third-order valence-electron chi connectivity index (χ3n) is 4.45. The first-order valence-corrected chi connectivity index (χ1v) is 8.38. The number of hydrogen-bond acceptors (Lipinski definition) is 5. The number of nitrogens with zero attached hydrogens (tertiary/aromatic N) is 1. The second kappa shape index (κ2) is 8.20. The summed E-state index contributed by atoms with van der Waals surface area (Å²) in [6.45, 7) is 4.31. The van der Waals surface area contributed by atoms with Gasteiger partial charge in [-0.2, -0.15) is 0 Å². The van der Waals surface area contributed by atoms with Crippen LogP contribution in [0, 0.1) is 6.92 Å². The van der Waals surface area contributed by atoms with E-state index in [1.807, 2.05) is 31.0 Å². The van der Waals surface area contributed by atoms with Crippen molar-refractivity contribution in [2.24, 2.45) is 0 Å².